The molecular weight excluding hydrogens is 290 g/mol. The van der Waals surface area contributed by atoms with Crippen molar-refractivity contribution in [3.8, 4) is 0 Å². The number of sulfonamides is 1. The van der Waals surface area contributed by atoms with Crippen LogP contribution in [0.25, 0.3) is 0 Å². The van der Waals surface area contributed by atoms with Crippen LogP contribution in [-0.4, -0.2) is 38.5 Å². The minimum Gasteiger partial charge on any atom is -0.477 e. The summed E-state index contributed by atoms with van der Waals surface area (Å²) in [5, 5.41) is 10.4. The minimum absolute atomic E-state index is 0.0895. The van der Waals surface area contributed by atoms with Crippen LogP contribution in [0.2, 0.25) is 0 Å². The van der Waals surface area contributed by atoms with Crippen molar-refractivity contribution in [3.63, 3.8) is 0 Å². The van der Waals surface area contributed by atoms with Crippen LogP contribution in [0, 0.1) is 0 Å². The standard InChI is InChI=1S/C11H17NO5S2/c1-3-9(17-2)7-19(15,16)12-5-8-4-10(11(13)14)18-6-8/h4,6,9,12H,3,5,7H2,1-2H3,(H,13,14). The van der Waals surface area contributed by atoms with E-state index in [9.17, 15) is 13.2 Å². The van der Waals surface area contributed by atoms with Crippen LogP contribution in [0.5, 0.6) is 0 Å². The van der Waals surface area contributed by atoms with Crippen LogP contribution in [-0.2, 0) is 21.3 Å². The van der Waals surface area contributed by atoms with Crippen molar-refractivity contribution in [1.82, 2.24) is 4.72 Å². The molecule has 0 aromatic carbocycles. The molecule has 1 unspecified atom stereocenters. The number of aromatic carboxylic acids is 1. The maximum absolute atomic E-state index is 11.8. The average Bonchev–Trinajstić information content (AvgIpc) is 2.83. The monoisotopic (exact) mass is 307 g/mol. The molecule has 0 amide bonds. The van der Waals surface area contributed by atoms with Crippen molar-refractivity contribution in [1.29, 1.82) is 0 Å². The van der Waals surface area contributed by atoms with Crippen molar-refractivity contribution in [3.05, 3.63) is 21.9 Å². The normalized spacial score (nSPS) is 13.4. The number of carboxylic acid groups (broad SMARTS) is 1. The molecule has 19 heavy (non-hydrogen) atoms. The summed E-state index contributed by atoms with van der Waals surface area (Å²) >= 11 is 1.07. The van der Waals surface area contributed by atoms with Gasteiger partial charge in [-0.3, -0.25) is 0 Å². The Labute approximate surface area is 116 Å². The van der Waals surface area contributed by atoms with Crippen molar-refractivity contribution in [2.45, 2.75) is 26.0 Å². The summed E-state index contributed by atoms with van der Waals surface area (Å²) in [6.45, 7) is 1.94. The van der Waals surface area contributed by atoms with E-state index in [1.807, 2.05) is 6.92 Å². The van der Waals surface area contributed by atoms with E-state index >= 15 is 0 Å². The molecule has 0 radical (unpaired) electrons. The molecule has 0 aliphatic rings. The lowest BCUT2D eigenvalue weighted by atomic mass is 10.3. The van der Waals surface area contributed by atoms with Gasteiger partial charge in [0.05, 0.1) is 11.9 Å². The third kappa shape index (κ3) is 5.27. The number of rotatable bonds is 8. The maximum Gasteiger partial charge on any atom is 0.345 e. The van der Waals surface area contributed by atoms with Gasteiger partial charge < -0.3 is 9.84 Å². The second kappa shape index (κ2) is 6.99. The number of hydrogen-bond donors (Lipinski definition) is 2. The number of methoxy groups -OCH3 is 1. The molecule has 1 aromatic heterocycles. The highest BCUT2D eigenvalue weighted by Crippen LogP contribution is 2.14. The zero-order valence-electron chi connectivity index (χ0n) is 10.8. The van der Waals surface area contributed by atoms with Gasteiger partial charge in [-0.15, -0.1) is 11.3 Å². The van der Waals surface area contributed by atoms with Gasteiger partial charge in [0.2, 0.25) is 10.0 Å². The van der Waals surface area contributed by atoms with E-state index in [1.54, 1.807) is 5.38 Å². The Morgan fingerprint density at radius 3 is 2.74 bits per heavy atom. The number of hydrogen-bond acceptors (Lipinski definition) is 5. The zero-order chi connectivity index (χ0) is 14.5. The lowest BCUT2D eigenvalue weighted by Crippen LogP contribution is -2.32. The molecule has 0 saturated carbocycles. The highest BCUT2D eigenvalue weighted by atomic mass is 32.2. The predicted octanol–water partition coefficient (Wildman–Crippen LogP) is 1.29. The quantitative estimate of drug-likeness (QED) is 0.755. The first-order valence-electron chi connectivity index (χ1n) is 5.68. The molecule has 8 heteroatoms. The van der Waals surface area contributed by atoms with Crippen LogP contribution >= 0.6 is 11.3 Å². The molecular formula is C11H17NO5S2. The van der Waals surface area contributed by atoms with Gasteiger partial charge in [0, 0.05) is 13.7 Å². The van der Waals surface area contributed by atoms with Gasteiger partial charge in [0.1, 0.15) is 4.88 Å². The topological polar surface area (TPSA) is 92.7 Å². The molecule has 2 N–H and O–H groups in total. The molecule has 0 aliphatic carbocycles. The van der Waals surface area contributed by atoms with E-state index in [0.29, 0.717) is 12.0 Å². The molecule has 0 aliphatic heterocycles. The number of thiophene rings is 1. The van der Waals surface area contributed by atoms with E-state index in [-0.39, 0.29) is 23.3 Å². The number of carboxylic acids is 1. The highest BCUT2D eigenvalue weighted by Gasteiger charge is 2.17. The van der Waals surface area contributed by atoms with Gasteiger partial charge in [0.25, 0.3) is 0 Å². The Morgan fingerprint density at radius 1 is 1.58 bits per heavy atom. The van der Waals surface area contributed by atoms with Crippen LogP contribution < -0.4 is 4.72 Å². The van der Waals surface area contributed by atoms with Crippen molar-refractivity contribution >= 4 is 27.3 Å². The first-order valence-corrected chi connectivity index (χ1v) is 8.22. The van der Waals surface area contributed by atoms with Crippen LogP contribution in [0.4, 0.5) is 0 Å². The second-order valence-electron chi connectivity index (χ2n) is 3.99. The predicted molar refractivity (Wildman–Crippen MR) is 73.0 cm³/mol. The molecule has 0 saturated heterocycles. The van der Waals surface area contributed by atoms with Crippen molar-refractivity contribution in [2.75, 3.05) is 12.9 Å². The fourth-order valence-electron chi connectivity index (χ4n) is 1.43. The summed E-state index contributed by atoms with van der Waals surface area (Å²) in [7, 11) is -1.96. The molecule has 6 nitrogen and oxygen atoms in total. The molecule has 0 bridgehead atoms. The first kappa shape index (κ1) is 16.1. The average molecular weight is 307 g/mol. The largest absolute Gasteiger partial charge is 0.477 e. The van der Waals surface area contributed by atoms with E-state index in [2.05, 4.69) is 4.72 Å². The van der Waals surface area contributed by atoms with Gasteiger partial charge in [-0.05, 0) is 23.4 Å². The third-order valence-electron chi connectivity index (χ3n) is 2.55. The molecule has 0 spiro atoms. The molecule has 1 rings (SSSR count). The minimum atomic E-state index is -3.43. The second-order valence-corrected chi connectivity index (χ2v) is 6.76. The van der Waals surface area contributed by atoms with Gasteiger partial charge >= 0.3 is 5.97 Å². The summed E-state index contributed by atoms with van der Waals surface area (Å²) in [6.07, 6.45) is 0.272. The summed E-state index contributed by atoms with van der Waals surface area (Å²) in [6, 6.07) is 1.46. The lowest BCUT2D eigenvalue weighted by molar-refractivity contribution is 0.0702. The van der Waals surface area contributed by atoms with E-state index in [4.69, 9.17) is 9.84 Å². The summed E-state index contributed by atoms with van der Waals surface area (Å²) in [4.78, 5) is 10.9. The zero-order valence-corrected chi connectivity index (χ0v) is 12.4. The van der Waals surface area contributed by atoms with Crippen LogP contribution in [0.15, 0.2) is 11.4 Å². The van der Waals surface area contributed by atoms with Gasteiger partial charge in [-0.2, -0.15) is 0 Å². The molecule has 108 valence electrons. The maximum atomic E-state index is 11.8. The fourth-order valence-corrected chi connectivity index (χ4v) is 3.55. The molecule has 1 atom stereocenters. The van der Waals surface area contributed by atoms with Gasteiger partial charge in [0.15, 0.2) is 0 Å². The SMILES string of the molecule is CCC(CS(=O)(=O)NCc1csc(C(=O)O)c1)OC. The molecule has 1 heterocycles. The molecule has 0 fully saturated rings. The Morgan fingerprint density at radius 2 is 2.26 bits per heavy atom. The third-order valence-corrected chi connectivity index (χ3v) is 4.92. The summed E-state index contributed by atoms with van der Waals surface area (Å²) in [5.74, 6) is -1.11. The summed E-state index contributed by atoms with van der Waals surface area (Å²) < 4.78 is 31.0. The Bertz CT molecular complexity index is 519. The number of carbonyl (C=O) groups is 1. The van der Waals surface area contributed by atoms with Crippen LogP contribution in [0.3, 0.4) is 0 Å². The van der Waals surface area contributed by atoms with Crippen molar-refractivity contribution < 1.29 is 23.1 Å². The smallest absolute Gasteiger partial charge is 0.345 e. The Kier molecular flexibility index (Phi) is 5.92. The molecule has 1 aromatic rings. The number of ether oxygens (including phenoxy) is 1. The van der Waals surface area contributed by atoms with Gasteiger partial charge in [-0.1, -0.05) is 6.92 Å². The van der Waals surface area contributed by atoms with Crippen LogP contribution in [0.1, 0.15) is 28.6 Å². The van der Waals surface area contributed by atoms with E-state index in [1.165, 1.54) is 13.2 Å². The fraction of sp³-hybridized carbons (Fsp3) is 0.545. The Balaban J connectivity index is 2.57. The summed E-state index contributed by atoms with van der Waals surface area (Å²) in [5.41, 5.74) is 0.636. The highest BCUT2D eigenvalue weighted by molar-refractivity contribution is 7.89. The number of nitrogens with one attached hydrogen (secondary N) is 1. The van der Waals surface area contributed by atoms with Crippen molar-refractivity contribution in [2.24, 2.45) is 0 Å². The van der Waals surface area contributed by atoms with E-state index < -0.39 is 16.0 Å². The van der Waals surface area contributed by atoms with E-state index in [0.717, 1.165) is 11.3 Å². The lowest BCUT2D eigenvalue weighted by Gasteiger charge is -2.13. The first-order chi connectivity index (χ1) is 8.88. The van der Waals surface area contributed by atoms with Gasteiger partial charge in [-0.25, -0.2) is 17.9 Å². The Hall–Kier alpha value is -0.960.